The highest BCUT2D eigenvalue weighted by Crippen LogP contribution is 2.29. The van der Waals surface area contributed by atoms with Crippen LogP contribution in [0.2, 0.25) is 0 Å². The summed E-state index contributed by atoms with van der Waals surface area (Å²) in [6, 6.07) is 6.38. The van der Waals surface area contributed by atoms with E-state index in [9.17, 15) is 14.4 Å². The van der Waals surface area contributed by atoms with E-state index in [4.69, 9.17) is 14.7 Å². The Balaban J connectivity index is 2.80. The lowest BCUT2D eigenvalue weighted by atomic mass is 10.2. The van der Waals surface area contributed by atoms with Gasteiger partial charge in [0, 0.05) is 6.07 Å². The lowest BCUT2D eigenvalue weighted by Gasteiger charge is -2.14. The molecule has 140 valence electrons. The van der Waals surface area contributed by atoms with Crippen LogP contribution in [0.5, 0.6) is 11.5 Å². The molecular formula is C17H20N2O7. The van der Waals surface area contributed by atoms with Crippen molar-refractivity contribution in [3.05, 3.63) is 18.2 Å². The Labute approximate surface area is 150 Å². The third-order valence-corrected chi connectivity index (χ3v) is 3.06. The molecule has 0 radical (unpaired) electrons. The average molecular weight is 364 g/mol. The Morgan fingerprint density at radius 1 is 1.04 bits per heavy atom. The Hall–Kier alpha value is -3.28. The summed E-state index contributed by atoms with van der Waals surface area (Å²) in [5, 5.41) is 11.1. The molecule has 0 heterocycles. The van der Waals surface area contributed by atoms with Gasteiger partial charge in [-0.05, 0) is 12.1 Å². The number of methoxy groups -OCH3 is 2. The molecule has 0 fully saturated rings. The van der Waals surface area contributed by atoms with Crippen molar-refractivity contribution in [2.45, 2.75) is 19.3 Å². The van der Waals surface area contributed by atoms with Gasteiger partial charge in [0.2, 0.25) is 5.91 Å². The van der Waals surface area contributed by atoms with E-state index in [1.807, 2.05) is 0 Å². The molecule has 0 bridgehead atoms. The van der Waals surface area contributed by atoms with Gasteiger partial charge in [0.1, 0.15) is 17.9 Å². The molecule has 1 aromatic rings. The van der Waals surface area contributed by atoms with Crippen LogP contribution in [0.4, 0.5) is 5.69 Å². The molecule has 0 aliphatic heterocycles. The van der Waals surface area contributed by atoms with Crippen molar-refractivity contribution in [1.82, 2.24) is 0 Å². The second-order valence-electron chi connectivity index (χ2n) is 4.89. The Bertz CT molecular complexity index is 682. The number of amides is 1. The predicted octanol–water partition coefficient (Wildman–Crippen LogP) is 1.42. The molecule has 1 amide bonds. The SMILES string of the molecule is COC(=O)CCOc1ccc(OCCC(=O)OC)c(NC(=O)CC#N)c1. The number of rotatable bonds is 10. The van der Waals surface area contributed by atoms with Crippen LogP contribution in [0.25, 0.3) is 0 Å². The third kappa shape index (κ3) is 7.53. The van der Waals surface area contributed by atoms with Gasteiger partial charge in [-0.25, -0.2) is 0 Å². The Morgan fingerprint density at radius 2 is 1.65 bits per heavy atom. The van der Waals surface area contributed by atoms with Gasteiger partial charge in [-0.3, -0.25) is 14.4 Å². The zero-order chi connectivity index (χ0) is 19.4. The van der Waals surface area contributed by atoms with E-state index in [0.717, 1.165) is 0 Å². The van der Waals surface area contributed by atoms with Crippen molar-refractivity contribution in [3.63, 3.8) is 0 Å². The normalized spacial score (nSPS) is 9.58. The zero-order valence-corrected chi connectivity index (χ0v) is 14.6. The van der Waals surface area contributed by atoms with E-state index in [-0.39, 0.29) is 38.2 Å². The Morgan fingerprint density at radius 3 is 2.23 bits per heavy atom. The van der Waals surface area contributed by atoms with Crippen molar-refractivity contribution in [3.8, 4) is 17.6 Å². The summed E-state index contributed by atoms with van der Waals surface area (Å²) in [5.74, 6) is -0.655. The molecule has 0 aliphatic carbocycles. The maximum Gasteiger partial charge on any atom is 0.308 e. The third-order valence-electron chi connectivity index (χ3n) is 3.06. The van der Waals surface area contributed by atoms with Gasteiger partial charge in [-0.1, -0.05) is 0 Å². The molecule has 26 heavy (non-hydrogen) atoms. The van der Waals surface area contributed by atoms with Gasteiger partial charge in [0.15, 0.2) is 0 Å². The van der Waals surface area contributed by atoms with E-state index < -0.39 is 17.8 Å². The minimum Gasteiger partial charge on any atom is -0.493 e. The van der Waals surface area contributed by atoms with Gasteiger partial charge in [-0.15, -0.1) is 0 Å². The molecule has 0 saturated carbocycles. The highest BCUT2D eigenvalue weighted by Gasteiger charge is 2.11. The number of carbonyl (C=O) groups is 3. The van der Waals surface area contributed by atoms with Crippen LogP contribution in [0.1, 0.15) is 19.3 Å². The maximum absolute atomic E-state index is 11.7. The molecule has 1 rings (SSSR count). The van der Waals surface area contributed by atoms with Gasteiger partial charge < -0.3 is 24.3 Å². The summed E-state index contributed by atoms with van der Waals surface area (Å²) in [6.07, 6.45) is -0.210. The van der Waals surface area contributed by atoms with Crippen molar-refractivity contribution < 1.29 is 33.3 Å². The monoisotopic (exact) mass is 364 g/mol. The highest BCUT2D eigenvalue weighted by molar-refractivity contribution is 5.93. The topological polar surface area (TPSA) is 124 Å². The van der Waals surface area contributed by atoms with Crippen LogP contribution in [0.15, 0.2) is 18.2 Å². The summed E-state index contributed by atoms with van der Waals surface area (Å²) in [7, 11) is 2.56. The van der Waals surface area contributed by atoms with Gasteiger partial charge in [0.05, 0.1) is 52.0 Å². The smallest absolute Gasteiger partial charge is 0.308 e. The van der Waals surface area contributed by atoms with E-state index in [1.54, 1.807) is 18.2 Å². The second kappa shape index (κ2) is 11.3. The summed E-state index contributed by atoms with van der Waals surface area (Å²) in [6.45, 7) is 0.150. The van der Waals surface area contributed by atoms with Crippen molar-refractivity contribution in [2.24, 2.45) is 0 Å². The standard InChI is InChI=1S/C17H20N2O7/c1-23-16(21)6-9-25-12-3-4-14(26-10-7-17(22)24-2)13(11-12)19-15(20)5-8-18/h3-4,11H,5-7,9-10H2,1-2H3,(H,19,20). The lowest BCUT2D eigenvalue weighted by molar-refractivity contribution is -0.142. The minimum absolute atomic E-state index is 0.0411. The van der Waals surface area contributed by atoms with Crippen LogP contribution in [0, 0.1) is 11.3 Å². The number of esters is 2. The molecule has 9 nitrogen and oxygen atoms in total. The molecule has 0 saturated heterocycles. The number of nitriles is 1. The first kappa shape index (κ1) is 20.8. The fourth-order valence-electron chi connectivity index (χ4n) is 1.79. The molecular weight excluding hydrogens is 344 g/mol. The minimum atomic E-state index is -0.517. The summed E-state index contributed by atoms with van der Waals surface area (Å²) in [5.41, 5.74) is 0.283. The van der Waals surface area contributed by atoms with Gasteiger partial charge >= 0.3 is 11.9 Å². The average Bonchev–Trinajstić information content (AvgIpc) is 2.63. The quantitative estimate of drug-likeness (QED) is 0.618. The molecule has 1 aromatic carbocycles. The van der Waals surface area contributed by atoms with Crippen LogP contribution in [0.3, 0.4) is 0 Å². The first-order chi connectivity index (χ1) is 12.5. The van der Waals surface area contributed by atoms with Crippen LogP contribution in [-0.2, 0) is 23.9 Å². The predicted molar refractivity (Wildman–Crippen MR) is 89.6 cm³/mol. The molecule has 0 aliphatic rings. The molecule has 0 unspecified atom stereocenters. The summed E-state index contributed by atoms with van der Waals surface area (Å²) in [4.78, 5) is 33.9. The zero-order valence-electron chi connectivity index (χ0n) is 14.6. The molecule has 0 aromatic heterocycles. The number of benzene rings is 1. The van der Waals surface area contributed by atoms with E-state index in [0.29, 0.717) is 11.5 Å². The number of carbonyl (C=O) groups excluding carboxylic acids is 3. The lowest BCUT2D eigenvalue weighted by Crippen LogP contribution is -2.13. The fraction of sp³-hybridized carbons (Fsp3) is 0.412. The molecule has 0 spiro atoms. The van der Waals surface area contributed by atoms with E-state index >= 15 is 0 Å². The van der Waals surface area contributed by atoms with Crippen molar-refractivity contribution in [1.29, 1.82) is 5.26 Å². The van der Waals surface area contributed by atoms with Crippen LogP contribution in [-0.4, -0.2) is 45.3 Å². The first-order valence-corrected chi connectivity index (χ1v) is 7.70. The van der Waals surface area contributed by atoms with Gasteiger partial charge in [0.25, 0.3) is 0 Å². The van der Waals surface area contributed by atoms with E-state index in [2.05, 4.69) is 14.8 Å². The number of hydrogen-bond donors (Lipinski definition) is 1. The second-order valence-corrected chi connectivity index (χ2v) is 4.89. The van der Waals surface area contributed by atoms with E-state index in [1.165, 1.54) is 20.3 Å². The maximum atomic E-state index is 11.7. The molecule has 1 N–H and O–H groups in total. The van der Waals surface area contributed by atoms with Gasteiger partial charge in [-0.2, -0.15) is 5.26 Å². The summed E-state index contributed by atoms with van der Waals surface area (Å²) >= 11 is 0. The van der Waals surface area contributed by atoms with Crippen LogP contribution >= 0.6 is 0 Å². The largest absolute Gasteiger partial charge is 0.493 e. The fourth-order valence-corrected chi connectivity index (χ4v) is 1.79. The number of nitrogens with one attached hydrogen (secondary N) is 1. The number of nitrogens with zero attached hydrogens (tertiary/aromatic N) is 1. The number of ether oxygens (including phenoxy) is 4. The van der Waals surface area contributed by atoms with Crippen LogP contribution < -0.4 is 14.8 Å². The molecule has 0 atom stereocenters. The van der Waals surface area contributed by atoms with Crippen molar-refractivity contribution in [2.75, 3.05) is 32.8 Å². The van der Waals surface area contributed by atoms with Crippen molar-refractivity contribution >= 4 is 23.5 Å². The first-order valence-electron chi connectivity index (χ1n) is 7.70. The molecule has 9 heteroatoms. The number of anilines is 1. The highest BCUT2D eigenvalue weighted by atomic mass is 16.5. The number of hydrogen-bond acceptors (Lipinski definition) is 8. The Kier molecular flexibility index (Phi) is 9.03. The summed E-state index contributed by atoms with van der Waals surface area (Å²) < 4.78 is 19.9.